The van der Waals surface area contributed by atoms with Crippen molar-refractivity contribution in [1.29, 1.82) is 0 Å². The molecule has 0 aliphatic heterocycles. The van der Waals surface area contributed by atoms with Crippen LogP contribution in [0.2, 0.25) is 0 Å². The lowest BCUT2D eigenvalue weighted by atomic mass is 9.86. The third-order valence-electron chi connectivity index (χ3n) is 5.24. The molecule has 5 rings (SSSR count). The molecule has 4 heteroatoms. The largest absolute Gasteiger partial charge is 0.497 e. The number of pyridine rings is 1. The Labute approximate surface area is 160 Å². The summed E-state index contributed by atoms with van der Waals surface area (Å²) < 4.78 is 7.51. The van der Waals surface area contributed by atoms with Crippen molar-refractivity contribution in [3.05, 3.63) is 96.7 Å². The molecule has 133 valence electrons. The summed E-state index contributed by atoms with van der Waals surface area (Å²) in [6, 6.07) is 12.3. The lowest BCUT2D eigenvalue weighted by Gasteiger charge is -2.19. The summed E-state index contributed by atoms with van der Waals surface area (Å²) >= 11 is 0. The molecule has 27 heavy (non-hydrogen) atoms. The number of ether oxygens (including phenoxy) is 1. The summed E-state index contributed by atoms with van der Waals surface area (Å²) in [5, 5.41) is 5.03. The van der Waals surface area contributed by atoms with E-state index in [2.05, 4.69) is 47.5 Å². The molecule has 1 fully saturated rings. The first-order chi connectivity index (χ1) is 13.3. The van der Waals surface area contributed by atoms with Gasteiger partial charge in [-0.3, -0.25) is 9.67 Å². The number of aromatic nitrogens is 3. The van der Waals surface area contributed by atoms with Crippen LogP contribution in [0.1, 0.15) is 22.5 Å². The maximum atomic E-state index is 5.40. The molecule has 0 atom stereocenters. The Kier molecular flexibility index (Phi) is 4.19. The first-order valence-corrected chi connectivity index (χ1v) is 9.22. The minimum atomic E-state index is 0.667. The van der Waals surface area contributed by atoms with Crippen LogP contribution >= 0.6 is 0 Å². The van der Waals surface area contributed by atoms with Gasteiger partial charge in [0.2, 0.25) is 0 Å². The van der Waals surface area contributed by atoms with E-state index in [9.17, 15) is 0 Å². The fourth-order valence-corrected chi connectivity index (χ4v) is 3.96. The monoisotopic (exact) mass is 354 g/mol. The van der Waals surface area contributed by atoms with Crippen LogP contribution in [0.3, 0.4) is 0 Å². The van der Waals surface area contributed by atoms with Gasteiger partial charge in [-0.25, -0.2) is 0 Å². The van der Waals surface area contributed by atoms with E-state index >= 15 is 0 Å². The summed E-state index contributed by atoms with van der Waals surface area (Å²) in [7, 11) is 1.71. The standard InChI is InChI=1S/C23H20N3O/c1-27-19-10-12-20-17(14-19)9-11-21-22(20)25-26(15-18-8-4-5-13-24-18)23(21)16-6-2-3-7-16/h2-8,10,12-14H,9,11,15H2,1H3. The fraction of sp³-hybridized carbons (Fsp3) is 0.174. The molecule has 1 aromatic carbocycles. The molecular formula is C23H20N3O. The van der Waals surface area contributed by atoms with Gasteiger partial charge < -0.3 is 4.74 Å². The zero-order valence-electron chi connectivity index (χ0n) is 15.2. The maximum absolute atomic E-state index is 5.40. The molecule has 0 amide bonds. The average Bonchev–Trinajstić information content (AvgIpc) is 3.35. The zero-order chi connectivity index (χ0) is 18.2. The van der Waals surface area contributed by atoms with Gasteiger partial charge in [0.05, 0.1) is 30.7 Å². The van der Waals surface area contributed by atoms with Gasteiger partial charge in [-0.2, -0.15) is 5.10 Å². The third-order valence-corrected chi connectivity index (χ3v) is 5.24. The highest BCUT2D eigenvalue weighted by Gasteiger charge is 2.31. The maximum Gasteiger partial charge on any atom is 0.119 e. The molecule has 0 spiro atoms. The molecule has 2 aliphatic carbocycles. The summed E-state index contributed by atoms with van der Waals surface area (Å²) in [4.78, 5) is 4.49. The zero-order valence-corrected chi connectivity index (χ0v) is 15.2. The van der Waals surface area contributed by atoms with Gasteiger partial charge in [0, 0.05) is 23.2 Å². The number of fused-ring (bicyclic) bond motifs is 3. The van der Waals surface area contributed by atoms with Crippen molar-refractivity contribution in [1.82, 2.24) is 14.8 Å². The second-order valence-electron chi connectivity index (χ2n) is 6.85. The third kappa shape index (κ3) is 2.93. The lowest BCUT2D eigenvalue weighted by Crippen LogP contribution is -2.12. The van der Waals surface area contributed by atoms with Crippen LogP contribution in [0.4, 0.5) is 0 Å². The molecule has 1 saturated carbocycles. The molecule has 0 saturated heterocycles. The van der Waals surface area contributed by atoms with Crippen LogP contribution < -0.4 is 4.74 Å². The van der Waals surface area contributed by atoms with Gasteiger partial charge in [-0.1, -0.05) is 6.07 Å². The van der Waals surface area contributed by atoms with E-state index in [1.54, 1.807) is 7.11 Å². The molecule has 0 bridgehead atoms. The summed E-state index contributed by atoms with van der Waals surface area (Å²) in [6.45, 7) is 0.667. The van der Waals surface area contributed by atoms with Crippen LogP contribution in [-0.2, 0) is 19.4 Å². The number of hydrogen-bond donors (Lipinski definition) is 0. The Bertz CT molecular complexity index is 955. The number of benzene rings is 1. The number of hydrogen-bond acceptors (Lipinski definition) is 3. The van der Waals surface area contributed by atoms with Crippen LogP contribution in [0, 0.1) is 31.6 Å². The lowest BCUT2D eigenvalue weighted by molar-refractivity contribution is 0.414. The topological polar surface area (TPSA) is 39.9 Å². The Morgan fingerprint density at radius 3 is 2.74 bits per heavy atom. The molecule has 2 aromatic heterocycles. The van der Waals surface area contributed by atoms with E-state index in [1.807, 2.05) is 30.5 Å². The van der Waals surface area contributed by atoms with Crippen LogP contribution in [-0.4, -0.2) is 21.9 Å². The minimum Gasteiger partial charge on any atom is -0.497 e. The van der Waals surface area contributed by atoms with Crippen molar-refractivity contribution in [2.24, 2.45) is 0 Å². The van der Waals surface area contributed by atoms with Gasteiger partial charge in [0.1, 0.15) is 5.75 Å². The molecule has 0 unspecified atom stereocenters. The van der Waals surface area contributed by atoms with Gasteiger partial charge in [-0.05, 0) is 74.4 Å². The van der Waals surface area contributed by atoms with Crippen molar-refractivity contribution in [2.75, 3.05) is 7.11 Å². The van der Waals surface area contributed by atoms with Gasteiger partial charge >= 0.3 is 0 Å². The number of aryl methyl sites for hydroxylation is 1. The Balaban J connectivity index is 1.62. The van der Waals surface area contributed by atoms with Gasteiger partial charge in [-0.15, -0.1) is 0 Å². The molecule has 2 heterocycles. The van der Waals surface area contributed by atoms with E-state index < -0.39 is 0 Å². The SMILES string of the molecule is COc1ccc2c(c1)CCc1c-2nn(Cc2ccccn2)c1[C]1[CH][CH][CH][CH]1. The van der Waals surface area contributed by atoms with Gasteiger partial charge in [0.25, 0.3) is 0 Å². The van der Waals surface area contributed by atoms with Gasteiger partial charge in [0.15, 0.2) is 0 Å². The van der Waals surface area contributed by atoms with Crippen molar-refractivity contribution in [3.8, 4) is 17.0 Å². The number of rotatable bonds is 4. The molecule has 5 radical (unpaired) electrons. The van der Waals surface area contributed by atoms with E-state index in [0.29, 0.717) is 6.54 Å². The molecule has 4 nitrogen and oxygen atoms in total. The van der Waals surface area contributed by atoms with E-state index in [4.69, 9.17) is 9.84 Å². The highest BCUT2D eigenvalue weighted by Crippen LogP contribution is 2.41. The van der Waals surface area contributed by atoms with E-state index in [1.165, 1.54) is 28.3 Å². The number of methoxy groups -OCH3 is 1. The van der Waals surface area contributed by atoms with Crippen LogP contribution in [0.15, 0.2) is 42.6 Å². The predicted molar refractivity (Wildman–Crippen MR) is 105 cm³/mol. The van der Waals surface area contributed by atoms with Crippen molar-refractivity contribution >= 4 is 0 Å². The molecule has 2 aliphatic rings. The predicted octanol–water partition coefficient (Wildman–Crippen LogP) is 3.85. The highest BCUT2D eigenvalue weighted by molar-refractivity contribution is 5.73. The Morgan fingerprint density at radius 2 is 1.96 bits per heavy atom. The molecule has 0 N–H and O–H groups in total. The minimum absolute atomic E-state index is 0.667. The summed E-state index contributed by atoms with van der Waals surface area (Å²) in [6.07, 6.45) is 12.3. The van der Waals surface area contributed by atoms with Crippen LogP contribution in [0.5, 0.6) is 5.75 Å². The molecule has 3 aromatic rings. The normalized spacial score (nSPS) is 16.2. The second-order valence-corrected chi connectivity index (χ2v) is 6.85. The van der Waals surface area contributed by atoms with Crippen molar-refractivity contribution in [2.45, 2.75) is 19.4 Å². The summed E-state index contributed by atoms with van der Waals surface area (Å²) in [5.41, 5.74) is 7.16. The first-order valence-electron chi connectivity index (χ1n) is 9.22. The summed E-state index contributed by atoms with van der Waals surface area (Å²) in [5.74, 6) is 2.12. The smallest absolute Gasteiger partial charge is 0.119 e. The second kappa shape index (κ2) is 6.84. The average molecular weight is 354 g/mol. The fourth-order valence-electron chi connectivity index (χ4n) is 3.96. The highest BCUT2D eigenvalue weighted by atomic mass is 16.5. The van der Waals surface area contributed by atoms with Crippen molar-refractivity contribution < 1.29 is 4.74 Å². The van der Waals surface area contributed by atoms with Crippen LogP contribution in [0.25, 0.3) is 11.3 Å². The quantitative estimate of drug-likeness (QED) is 0.714. The number of nitrogens with zero attached hydrogens (tertiary/aromatic N) is 3. The Morgan fingerprint density at radius 1 is 1.07 bits per heavy atom. The first kappa shape index (κ1) is 16.5. The molecular weight excluding hydrogens is 334 g/mol. The van der Waals surface area contributed by atoms with Crippen molar-refractivity contribution in [3.63, 3.8) is 0 Å². The Hall–Kier alpha value is -2.62. The van der Waals surface area contributed by atoms with E-state index in [-0.39, 0.29) is 0 Å². The van der Waals surface area contributed by atoms with E-state index in [0.717, 1.165) is 30.0 Å².